The zero-order valence-electron chi connectivity index (χ0n) is 10.9. The van der Waals surface area contributed by atoms with Crippen molar-refractivity contribution in [2.75, 3.05) is 25.6 Å². The summed E-state index contributed by atoms with van der Waals surface area (Å²) < 4.78 is 9.95. The number of rotatable bonds is 7. The Morgan fingerprint density at radius 3 is 2.68 bits per heavy atom. The molecule has 0 aliphatic carbocycles. The molecule has 0 aromatic heterocycles. The third-order valence-electron chi connectivity index (χ3n) is 2.33. The number of ether oxygens (including phenoxy) is 2. The molecule has 102 valence electrons. The van der Waals surface area contributed by atoms with Crippen molar-refractivity contribution in [1.29, 1.82) is 0 Å². The smallest absolute Gasteiger partial charge is 0.328 e. The highest BCUT2D eigenvalue weighted by Crippen LogP contribution is 2.16. The van der Waals surface area contributed by atoms with Crippen LogP contribution in [0.25, 0.3) is 10.4 Å². The molecule has 0 saturated carbocycles. The minimum atomic E-state index is -0.704. The summed E-state index contributed by atoms with van der Waals surface area (Å²) in [5.41, 5.74) is 9.04. The fraction of sp³-hybridized carbons (Fsp3) is 0.417. The number of esters is 1. The van der Waals surface area contributed by atoms with E-state index < -0.39 is 12.0 Å². The van der Waals surface area contributed by atoms with Crippen LogP contribution in [0.4, 0.5) is 5.69 Å². The first-order chi connectivity index (χ1) is 9.21. The van der Waals surface area contributed by atoms with Crippen LogP contribution in [-0.4, -0.2) is 32.3 Å². The van der Waals surface area contributed by atoms with Gasteiger partial charge in [0.15, 0.2) is 0 Å². The molecule has 0 saturated heterocycles. The number of hydrogen-bond donors (Lipinski definition) is 1. The predicted octanol–water partition coefficient (Wildman–Crippen LogP) is 2.35. The summed E-state index contributed by atoms with van der Waals surface area (Å²) in [4.78, 5) is 14.3. The third-order valence-corrected chi connectivity index (χ3v) is 2.33. The zero-order chi connectivity index (χ0) is 14.1. The number of nitrogens with one attached hydrogen (secondary N) is 1. The van der Waals surface area contributed by atoms with Crippen molar-refractivity contribution in [1.82, 2.24) is 0 Å². The molecule has 1 atom stereocenters. The van der Waals surface area contributed by atoms with Crippen molar-refractivity contribution in [3.63, 3.8) is 0 Å². The summed E-state index contributed by atoms with van der Waals surface area (Å²) in [6.07, 6.45) is 0. The van der Waals surface area contributed by atoms with Gasteiger partial charge in [-0.25, -0.2) is 4.79 Å². The summed E-state index contributed by atoms with van der Waals surface area (Å²) >= 11 is 0. The number of hydrogen-bond acceptors (Lipinski definition) is 5. The van der Waals surface area contributed by atoms with E-state index in [1.165, 1.54) is 0 Å². The largest absolute Gasteiger partial charge is 0.497 e. The highest BCUT2D eigenvalue weighted by molar-refractivity contribution is 5.79. The Bertz CT molecular complexity index is 455. The Morgan fingerprint density at radius 1 is 1.47 bits per heavy atom. The average Bonchev–Trinajstić information content (AvgIpc) is 2.44. The van der Waals surface area contributed by atoms with Crippen LogP contribution in [0.5, 0.6) is 5.75 Å². The average molecular weight is 264 g/mol. The van der Waals surface area contributed by atoms with Gasteiger partial charge in [0, 0.05) is 10.6 Å². The van der Waals surface area contributed by atoms with Gasteiger partial charge in [0.2, 0.25) is 0 Å². The van der Waals surface area contributed by atoms with Crippen molar-refractivity contribution in [2.45, 2.75) is 13.0 Å². The van der Waals surface area contributed by atoms with Gasteiger partial charge in [-0.2, -0.15) is 0 Å². The lowest BCUT2D eigenvalue weighted by molar-refractivity contribution is -0.143. The molecule has 1 aromatic rings. The molecule has 0 aliphatic rings. The normalized spacial score (nSPS) is 11.1. The van der Waals surface area contributed by atoms with E-state index in [9.17, 15) is 4.79 Å². The van der Waals surface area contributed by atoms with Gasteiger partial charge in [0.05, 0.1) is 20.3 Å². The summed E-state index contributed by atoms with van der Waals surface area (Å²) in [6.45, 7) is 1.98. The molecule has 0 aliphatic heterocycles. The van der Waals surface area contributed by atoms with E-state index in [0.29, 0.717) is 11.4 Å². The molecule has 1 rings (SSSR count). The fourth-order valence-electron chi connectivity index (χ4n) is 1.43. The molecule has 1 aromatic carbocycles. The van der Waals surface area contributed by atoms with E-state index >= 15 is 0 Å². The van der Waals surface area contributed by atoms with E-state index in [1.54, 1.807) is 38.3 Å². The molecule has 0 fully saturated rings. The van der Waals surface area contributed by atoms with Crippen molar-refractivity contribution in [3.05, 3.63) is 34.7 Å². The lowest BCUT2D eigenvalue weighted by Crippen LogP contribution is -2.34. The molecule has 7 nitrogen and oxygen atoms in total. The minimum absolute atomic E-state index is 0.0125. The Labute approximate surface area is 111 Å². The second-order valence-corrected chi connectivity index (χ2v) is 3.59. The topological polar surface area (TPSA) is 96.3 Å². The standard InChI is InChI=1S/C12H16N4O3/c1-3-19-12(17)11(8-14-16-13)15-9-4-6-10(18-2)7-5-9/h4-7,11,15H,3,8H2,1-2H3. The second-order valence-electron chi connectivity index (χ2n) is 3.59. The van der Waals surface area contributed by atoms with Gasteiger partial charge in [-0.3, -0.25) is 0 Å². The van der Waals surface area contributed by atoms with Gasteiger partial charge >= 0.3 is 5.97 Å². The maximum atomic E-state index is 11.7. The third kappa shape index (κ3) is 4.77. The zero-order valence-corrected chi connectivity index (χ0v) is 10.9. The number of azide groups is 1. The van der Waals surface area contributed by atoms with E-state index in [4.69, 9.17) is 15.0 Å². The first-order valence-corrected chi connectivity index (χ1v) is 5.79. The summed E-state index contributed by atoms with van der Waals surface area (Å²) in [5, 5.41) is 6.35. The van der Waals surface area contributed by atoms with E-state index in [1.807, 2.05) is 0 Å². The molecule has 1 N–H and O–H groups in total. The molecular formula is C12H16N4O3. The number of benzene rings is 1. The van der Waals surface area contributed by atoms with Gasteiger partial charge in [-0.1, -0.05) is 5.11 Å². The van der Waals surface area contributed by atoms with Crippen LogP contribution in [-0.2, 0) is 9.53 Å². The molecule has 0 radical (unpaired) electrons. The van der Waals surface area contributed by atoms with Gasteiger partial charge in [-0.15, -0.1) is 0 Å². The summed E-state index contributed by atoms with van der Waals surface area (Å²) in [7, 11) is 1.57. The predicted molar refractivity (Wildman–Crippen MR) is 71.1 cm³/mol. The number of methoxy groups -OCH3 is 1. The van der Waals surface area contributed by atoms with Gasteiger partial charge < -0.3 is 14.8 Å². The van der Waals surface area contributed by atoms with Gasteiger partial charge in [0.25, 0.3) is 0 Å². The molecule has 19 heavy (non-hydrogen) atoms. The molecule has 0 heterocycles. The molecular weight excluding hydrogens is 248 g/mol. The quantitative estimate of drug-likeness (QED) is 0.354. The Morgan fingerprint density at radius 2 is 2.16 bits per heavy atom. The SMILES string of the molecule is CCOC(=O)C(CN=[N+]=[N-])Nc1ccc(OC)cc1. The van der Waals surface area contributed by atoms with E-state index in [2.05, 4.69) is 15.3 Å². The van der Waals surface area contributed by atoms with E-state index in [0.717, 1.165) is 0 Å². The maximum absolute atomic E-state index is 11.7. The highest BCUT2D eigenvalue weighted by Gasteiger charge is 2.18. The number of anilines is 1. The van der Waals surface area contributed by atoms with Crippen LogP contribution in [0.3, 0.4) is 0 Å². The lowest BCUT2D eigenvalue weighted by atomic mass is 10.2. The number of carbonyl (C=O) groups is 1. The maximum Gasteiger partial charge on any atom is 0.328 e. The number of nitrogens with zero attached hydrogens (tertiary/aromatic N) is 3. The summed E-state index contributed by atoms with van der Waals surface area (Å²) in [5.74, 6) is 0.263. The van der Waals surface area contributed by atoms with Gasteiger partial charge in [0.1, 0.15) is 11.8 Å². The number of carbonyl (C=O) groups excluding carboxylic acids is 1. The Kier molecular flexibility index (Phi) is 6.05. The van der Waals surface area contributed by atoms with Crippen LogP contribution >= 0.6 is 0 Å². The van der Waals surface area contributed by atoms with Crippen LogP contribution < -0.4 is 10.1 Å². The lowest BCUT2D eigenvalue weighted by Gasteiger charge is -2.16. The molecule has 7 heteroatoms. The van der Waals surface area contributed by atoms with Crippen LogP contribution in [0.2, 0.25) is 0 Å². The second kappa shape index (κ2) is 7.84. The fourth-order valence-corrected chi connectivity index (χ4v) is 1.43. The highest BCUT2D eigenvalue weighted by atomic mass is 16.5. The molecule has 0 amide bonds. The van der Waals surface area contributed by atoms with E-state index in [-0.39, 0.29) is 13.2 Å². The van der Waals surface area contributed by atoms with Crippen LogP contribution in [0, 0.1) is 0 Å². The molecule has 0 bridgehead atoms. The first-order valence-electron chi connectivity index (χ1n) is 5.79. The Hall–Kier alpha value is -2.40. The van der Waals surface area contributed by atoms with Crippen molar-refractivity contribution in [3.8, 4) is 5.75 Å². The molecule has 0 spiro atoms. The van der Waals surface area contributed by atoms with Crippen molar-refractivity contribution >= 4 is 11.7 Å². The summed E-state index contributed by atoms with van der Waals surface area (Å²) in [6, 6.07) is 6.35. The molecule has 1 unspecified atom stereocenters. The van der Waals surface area contributed by atoms with Gasteiger partial charge in [-0.05, 0) is 36.7 Å². The van der Waals surface area contributed by atoms with Crippen molar-refractivity contribution < 1.29 is 14.3 Å². The first kappa shape index (κ1) is 14.7. The van der Waals surface area contributed by atoms with Crippen LogP contribution in [0.15, 0.2) is 29.4 Å². The monoisotopic (exact) mass is 264 g/mol. The van der Waals surface area contributed by atoms with Crippen molar-refractivity contribution in [2.24, 2.45) is 5.11 Å². The minimum Gasteiger partial charge on any atom is -0.497 e. The Balaban J connectivity index is 2.74. The van der Waals surface area contributed by atoms with Crippen LogP contribution in [0.1, 0.15) is 6.92 Å².